The number of aromatic nitrogens is 1. The molecular weight excluding hydrogens is 311 g/mol. The number of benzene rings is 1. The van der Waals surface area contributed by atoms with E-state index in [0.29, 0.717) is 10.6 Å². The van der Waals surface area contributed by atoms with E-state index in [1.807, 2.05) is 0 Å². The predicted molar refractivity (Wildman–Crippen MR) is 76.1 cm³/mol. The van der Waals surface area contributed by atoms with E-state index in [9.17, 15) is 9.90 Å². The summed E-state index contributed by atoms with van der Waals surface area (Å²) in [5, 5.41) is 9.90. The van der Waals surface area contributed by atoms with Crippen molar-refractivity contribution in [3.05, 3.63) is 45.0 Å². The second-order valence-electron chi connectivity index (χ2n) is 3.67. The van der Waals surface area contributed by atoms with Crippen LogP contribution in [0.15, 0.2) is 24.4 Å². The highest BCUT2D eigenvalue weighted by molar-refractivity contribution is 6.45. The quantitative estimate of drug-likeness (QED) is 0.821. The second-order valence-corrected chi connectivity index (χ2v) is 4.89. The maximum absolute atomic E-state index is 11.2. The minimum absolute atomic E-state index is 0.0206. The smallest absolute Gasteiger partial charge is 0.336 e. The van der Waals surface area contributed by atoms with Gasteiger partial charge in [-0.3, -0.25) is 0 Å². The van der Waals surface area contributed by atoms with E-state index in [1.54, 1.807) is 0 Å². The van der Waals surface area contributed by atoms with Crippen LogP contribution in [0.2, 0.25) is 15.1 Å². The number of pyridine rings is 1. The number of nitrogens with two attached hydrogens (primary N) is 1. The van der Waals surface area contributed by atoms with Gasteiger partial charge in [0.2, 0.25) is 0 Å². The Bertz CT molecular complexity index is 674. The van der Waals surface area contributed by atoms with Crippen LogP contribution in [0.1, 0.15) is 10.4 Å². The first-order valence-corrected chi connectivity index (χ1v) is 6.18. The molecule has 0 bridgehead atoms. The van der Waals surface area contributed by atoms with Crippen molar-refractivity contribution in [3.63, 3.8) is 0 Å². The molecule has 1 aromatic heterocycles. The molecule has 0 radical (unpaired) electrons. The summed E-state index contributed by atoms with van der Waals surface area (Å²) in [5.41, 5.74) is 6.25. The van der Waals surface area contributed by atoms with Gasteiger partial charge in [-0.05, 0) is 18.2 Å². The Hall–Kier alpha value is -1.49. The van der Waals surface area contributed by atoms with Crippen LogP contribution in [0.4, 0.5) is 5.82 Å². The highest BCUT2D eigenvalue weighted by atomic mass is 35.5. The van der Waals surface area contributed by atoms with E-state index in [4.69, 9.17) is 40.5 Å². The Morgan fingerprint density at radius 3 is 2.58 bits per heavy atom. The number of carboxylic acids is 1. The number of aromatic carboxylic acids is 1. The molecule has 0 aliphatic rings. The lowest BCUT2D eigenvalue weighted by atomic mass is 10.0. The number of rotatable bonds is 2. The van der Waals surface area contributed by atoms with Gasteiger partial charge >= 0.3 is 5.97 Å². The molecule has 4 nitrogen and oxygen atoms in total. The molecule has 0 atom stereocenters. The summed E-state index contributed by atoms with van der Waals surface area (Å²) in [6.45, 7) is 0. The fraction of sp³-hybridized carbons (Fsp3) is 0. The molecule has 0 unspecified atom stereocenters. The van der Waals surface area contributed by atoms with E-state index < -0.39 is 5.97 Å². The summed E-state index contributed by atoms with van der Waals surface area (Å²) in [6, 6.07) is 4.29. The minimum Gasteiger partial charge on any atom is -0.478 e. The largest absolute Gasteiger partial charge is 0.478 e. The topological polar surface area (TPSA) is 76.2 Å². The maximum Gasteiger partial charge on any atom is 0.336 e. The van der Waals surface area contributed by atoms with Crippen LogP contribution < -0.4 is 5.73 Å². The molecule has 1 heterocycles. The van der Waals surface area contributed by atoms with Crippen molar-refractivity contribution in [3.8, 4) is 11.1 Å². The molecule has 1 aromatic carbocycles. The summed E-state index contributed by atoms with van der Waals surface area (Å²) < 4.78 is 0. The predicted octanol–water partition coefficient (Wildman–Crippen LogP) is 3.99. The number of hydrogen-bond acceptors (Lipinski definition) is 3. The number of anilines is 1. The lowest BCUT2D eigenvalue weighted by molar-refractivity contribution is 0.0697. The Morgan fingerprint density at radius 2 is 1.95 bits per heavy atom. The van der Waals surface area contributed by atoms with Crippen LogP contribution in [0.5, 0.6) is 0 Å². The molecule has 3 N–H and O–H groups in total. The lowest BCUT2D eigenvalue weighted by Crippen LogP contribution is -2.04. The molecule has 98 valence electrons. The lowest BCUT2D eigenvalue weighted by Gasteiger charge is -2.12. The average Bonchev–Trinajstić information content (AvgIpc) is 2.33. The summed E-state index contributed by atoms with van der Waals surface area (Å²) >= 11 is 17.9. The molecular formula is C12H7Cl3N2O2. The fourth-order valence-electron chi connectivity index (χ4n) is 1.68. The Balaban J connectivity index is 2.82. The van der Waals surface area contributed by atoms with Crippen LogP contribution in [0, 0.1) is 0 Å². The molecule has 0 aliphatic carbocycles. The van der Waals surface area contributed by atoms with E-state index in [2.05, 4.69) is 4.98 Å². The van der Waals surface area contributed by atoms with Gasteiger partial charge in [0.1, 0.15) is 5.82 Å². The summed E-state index contributed by atoms with van der Waals surface area (Å²) in [4.78, 5) is 15.1. The van der Waals surface area contributed by atoms with Crippen LogP contribution in [0.25, 0.3) is 11.1 Å². The van der Waals surface area contributed by atoms with Crippen molar-refractivity contribution >= 4 is 46.6 Å². The molecule has 0 saturated carbocycles. The van der Waals surface area contributed by atoms with Gasteiger partial charge in [-0.2, -0.15) is 0 Å². The van der Waals surface area contributed by atoms with Crippen LogP contribution >= 0.6 is 34.8 Å². The fourth-order valence-corrected chi connectivity index (χ4v) is 2.37. The summed E-state index contributed by atoms with van der Waals surface area (Å²) in [5.74, 6) is -1.10. The molecule has 7 heteroatoms. The highest BCUT2D eigenvalue weighted by Crippen LogP contribution is 2.39. The molecule has 2 rings (SSSR count). The Kier molecular flexibility index (Phi) is 3.85. The molecule has 2 aromatic rings. The van der Waals surface area contributed by atoms with Gasteiger partial charge in [-0.1, -0.05) is 34.8 Å². The van der Waals surface area contributed by atoms with Crippen LogP contribution in [0.3, 0.4) is 0 Å². The van der Waals surface area contributed by atoms with Crippen LogP contribution in [-0.4, -0.2) is 16.1 Å². The van der Waals surface area contributed by atoms with Crippen molar-refractivity contribution in [1.29, 1.82) is 0 Å². The van der Waals surface area contributed by atoms with Crippen molar-refractivity contribution in [2.75, 3.05) is 5.73 Å². The number of hydrogen-bond donors (Lipinski definition) is 2. The van der Waals surface area contributed by atoms with Crippen molar-refractivity contribution < 1.29 is 9.90 Å². The molecule has 0 aliphatic heterocycles. The molecule has 0 amide bonds. The van der Waals surface area contributed by atoms with Gasteiger partial charge in [0.05, 0.1) is 15.6 Å². The highest BCUT2D eigenvalue weighted by Gasteiger charge is 2.19. The number of nitrogen functional groups attached to an aromatic ring is 1. The van der Waals surface area contributed by atoms with Gasteiger partial charge in [0.15, 0.2) is 0 Å². The van der Waals surface area contributed by atoms with E-state index in [1.165, 1.54) is 24.4 Å². The maximum atomic E-state index is 11.2. The zero-order valence-electron chi connectivity index (χ0n) is 9.32. The third-order valence-corrected chi connectivity index (χ3v) is 3.49. The van der Waals surface area contributed by atoms with E-state index in [-0.39, 0.29) is 27.0 Å². The van der Waals surface area contributed by atoms with E-state index in [0.717, 1.165) is 0 Å². The standard InChI is InChI=1S/C12H7Cl3N2O2/c13-5-3-7(10(15)8(14)4-5)9-6(12(18)19)1-2-17-11(9)16/h1-4H,(H2,16,17)(H,18,19). The molecule has 0 fully saturated rings. The first-order chi connectivity index (χ1) is 8.91. The van der Waals surface area contributed by atoms with Gasteiger partial charge in [0, 0.05) is 22.3 Å². The van der Waals surface area contributed by atoms with Crippen molar-refractivity contribution in [2.45, 2.75) is 0 Å². The monoisotopic (exact) mass is 316 g/mol. The summed E-state index contributed by atoms with van der Waals surface area (Å²) in [6.07, 6.45) is 1.31. The van der Waals surface area contributed by atoms with Crippen LogP contribution in [-0.2, 0) is 0 Å². The first-order valence-electron chi connectivity index (χ1n) is 5.04. The first kappa shape index (κ1) is 13.9. The third-order valence-electron chi connectivity index (χ3n) is 2.47. The normalized spacial score (nSPS) is 10.5. The number of nitrogens with zero attached hydrogens (tertiary/aromatic N) is 1. The van der Waals surface area contributed by atoms with Gasteiger partial charge in [0.25, 0.3) is 0 Å². The molecule has 19 heavy (non-hydrogen) atoms. The van der Waals surface area contributed by atoms with Gasteiger partial charge in [-0.25, -0.2) is 9.78 Å². The second kappa shape index (κ2) is 5.25. The Labute approximate surface area is 123 Å². The SMILES string of the molecule is Nc1nccc(C(=O)O)c1-c1cc(Cl)cc(Cl)c1Cl. The number of halogens is 3. The average molecular weight is 318 g/mol. The Morgan fingerprint density at radius 1 is 1.26 bits per heavy atom. The summed E-state index contributed by atoms with van der Waals surface area (Å²) in [7, 11) is 0. The third kappa shape index (κ3) is 2.61. The number of carbonyl (C=O) groups is 1. The zero-order chi connectivity index (χ0) is 14.2. The molecule has 0 saturated heterocycles. The number of carboxylic acid groups (broad SMARTS) is 1. The zero-order valence-corrected chi connectivity index (χ0v) is 11.6. The van der Waals surface area contributed by atoms with Crippen molar-refractivity contribution in [1.82, 2.24) is 4.98 Å². The molecule has 0 spiro atoms. The van der Waals surface area contributed by atoms with Gasteiger partial charge in [-0.15, -0.1) is 0 Å². The van der Waals surface area contributed by atoms with E-state index >= 15 is 0 Å². The van der Waals surface area contributed by atoms with Crippen molar-refractivity contribution in [2.24, 2.45) is 0 Å². The van der Waals surface area contributed by atoms with Gasteiger partial charge < -0.3 is 10.8 Å². The minimum atomic E-state index is -1.14.